The van der Waals surface area contributed by atoms with Crippen LogP contribution in [0.15, 0.2) is 48.9 Å². The summed E-state index contributed by atoms with van der Waals surface area (Å²) in [6, 6.07) is 5.63. The van der Waals surface area contributed by atoms with Gasteiger partial charge in [-0.05, 0) is 18.2 Å². The number of benzene rings is 1. The fourth-order valence-electron chi connectivity index (χ4n) is 1.44. The van der Waals surface area contributed by atoms with Crippen LogP contribution in [0.5, 0.6) is 0 Å². The lowest BCUT2D eigenvalue weighted by atomic mass is 10.2. The smallest absolute Gasteiger partial charge is 0.0642 e. The van der Waals surface area contributed by atoms with Gasteiger partial charge in [0.1, 0.15) is 0 Å². The molecule has 0 unspecified atom stereocenters. The third-order valence-electron chi connectivity index (χ3n) is 2.32. The second-order valence-electron chi connectivity index (χ2n) is 3.52. The van der Waals surface area contributed by atoms with Gasteiger partial charge in [-0.15, -0.1) is 0 Å². The molecular formula is C12H12ClN3. The molecule has 16 heavy (non-hydrogen) atoms. The minimum Gasteiger partial charge on any atom is -0.398 e. The molecule has 0 radical (unpaired) electrons. The molecule has 0 fully saturated rings. The molecule has 0 aliphatic heterocycles. The highest BCUT2D eigenvalue weighted by molar-refractivity contribution is 6.31. The predicted octanol–water partition coefficient (Wildman–Crippen LogP) is 3.22. The van der Waals surface area contributed by atoms with Gasteiger partial charge in [0.2, 0.25) is 0 Å². The summed E-state index contributed by atoms with van der Waals surface area (Å²) in [5.41, 5.74) is 8.42. The second kappa shape index (κ2) is 3.94. The molecule has 0 saturated carbocycles. The lowest BCUT2D eigenvalue weighted by Gasteiger charge is -2.07. The van der Waals surface area contributed by atoms with Gasteiger partial charge in [-0.3, -0.25) is 0 Å². The van der Waals surface area contributed by atoms with E-state index >= 15 is 0 Å². The molecule has 2 aromatic rings. The van der Waals surface area contributed by atoms with Gasteiger partial charge in [0.25, 0.3) is 0 Å². The summed E-state index contributed by atoms with van der Waals surface area (Å²) in [5, 5.41) is 4.77. The number of nitrogens with one attached hydrogen (secondary N) is 2. The van der Waals surface area contributed by atoms with E-state index in [0.29, 0.717) is 16.4 Å². The number of halogens is 1. The van der Waals surface area contributed by atoms with Crippen LogP contribution in [0, 0.1) is 0 Å². The van der Waals surface area contributed by atoms with Crippen LogP contribution in [0.2, 0.25) is 5.02 Å². The van der Waals surface area contributed by atoms with E-state index in [1.54, 1.807) is 0 Å². The zero-order valence-electron chi connectivity index (χ0n) is 8.68. The number of anilines is 1. The molecule has 2 rings (SSSR count). The Balaban J connectivity index is 2.41. The molecule has 0 aliphatic rings. The van der Waals surface area contributed by atoms with Gasteiger partial charge in [0.15, 0.2) is 0 Å². The Hall–Kier alpha value is -1.87. The Morgan fingerprint density at radius 3 is 2.81 bits per heavy atom. The highest BCUT2D eigenvalue weighted by Gasteiger charge is 2.05. The van der Waals surface area contributed by atoms with Crippen molar-refractivity contribution in [1.82, 2.24) is 4.98 Å². The quantitative estimate of drug-likeness (QED) is 0.713. The average molecular weight is 234 g/mol. The molecule has 0 aliphatic carbocycles. The minimum atomic E-state index is 0.413. The summed E-state index contributed by atoms with van der Waals surface area (Å²) in [6.07, 6.45) is 1.84. The van der Waals surface area contributed by atoms with E-state index in [1.165, 1.54) is 0 Å². The largest absolute Gasteiger partial charge is 0.398 e. The van der Waals surface area contributed by atoms with Crippen molar-refractivity contribution in [1.29, 1.82) is 0 Å². The maximum absolute atomic E-state index is 5.94. The number of H-pyrrole nitrogens is 1. The monoisotopic (exact) mass is 233 g/mol. The van der Waals surface area contributed by atoms with Crippen LogP contribution in [0.4, 0.5) is 5.69 Å². The summed E-state index contributed by atoms with van der Waals surface area (Å²) >= 11 is 5.94. The summed E-state index contributed by atoms with van der Waals surface area (Å²) in [7, 11) is 0. The van der Waals surface area contributed by atoms with E-state index in [-0.39, 0.29) is 0 Å². The summed E-state index contributed by atoms with van der Waals surface area (Å²) < 4.78 is 0. The van der Waals surface area contributed by atoms with E-state index in [9.17, 15) is 0 Å². The highest BCUT2D eigenvalue weighted by Crippen LogP contribution is 2.27. The van der Waals surface area contributed by atoms with Gasteiger partial charge in [-0.25, -0.2) is 0 Å². The van der Waals surface area contributed by atoms with E-state index < -0.39 is 0 Å². The summed E-state index contributed by atoms with van der Waals surface area (Å²) in [4.78, 5) is 3.13. The molecule has 0 bridgehead atoms. The molecule has 0 amide bonds. The number of nitrogens with two attached hydrogens (primary N) is 1. The van der Waals surface area contributed by atoms with Crippen LogP contribution in [0.25, 0.3) is 10.9 Å². The maximum Gasteiger partial charge on any atom is 0.0642 e. The van der Waals surface area contributed by atoms with Gasteiger partial charge in [-0.2, -0.15) is 0 Å². The van der Waals surface area contributed by atoms with Crippen LogP contribution in [-0.4, -0.2) is 4.98 Å². The average Bonchev–Trinajstić information content (AvgIpc) is 2.61. The molecule has 4 N–H and O–H groups in total. The first-order valence-corrected chi connectivity index (χ1v) is 5.13. The van der Waals surface area contributed by atoms with Gasteiger partial charge in [0, 0.05) is 27.8 Å². The molecule has 82 valence electrons. The molecular weight excluding hydrogens is 222 g/mol. The zero-order valence-corrected chi connectivity index (χ0v) is 9.43. The number of rotatable bonds is 3. The van der Waals surface area contributed by atoms with Gasteiger partial charge in [0.05, 0.1) is 11.4 Å². The first-order valence-electron chi connectivity index (χ1n) is 4.75. The number of hydrogen-bond donors (Lipinski definition) is 3. The van der Waals surface area contributed by atoms with E-state index in [0.717, 1.165) is 16.6 Å². The van der Waals surface area contributed by atoms with E-state index in [4.69, 9.17) is 17.3 Å². The maximum atomic E-state index is 5.94. The van der Waals surface area contributed by atoms with Crippen molar-refractivity contribution in [3.63, 3.8) is 0 Å². The Bertz CT molecular complexity index is 569. The molecule has 1 aromatic carbocycles. The Morgan fingerprint density at radius 1 is 1.38 bits per heavy atom. The first-order chi connectivity index (χ1) is 7.58. The number of aromatic nitrogens is 1. The standard InChI is InChI=1S/C12H12ClN3/c1-7(14)8(2)16-12-6-15-11-4-3-9(13)5-10(11)12/h3-6,15-16H,1-2,14H2. The molecule has 0 spiro atoms. The van der Waals surface area contributed by atoms with Crippen molar-refractivity contribution >= 4 is 28.2 Å². The number of hydrogen-bond acceptors (Lipinski definition) is 2. The Kier molecular flexibility index (Phi) is 2.62. The van der Waals surface area contributed by atoms with Crippen molar-refractivity contribution < 1.29 is 0 Å². The Labute approximate surface area is 98.6 Å². The lowest BCUT2D eigenvalue weighted by molar-refractivity contribution is 1.32. The molecule has 1 heterocycles. The number of aromatic amines is 1. The lowest BCUT2D eigenvalue weighted by Crippen LogP contribution is -2.06. The zero-order chi connectivity index (χ0) is 11.7. The van der Waals surface area contributed by atoms with Crippen molar-refractivity contribution in [2.75, 3.05) is 5.32 Å². The predicted molar refractivity (Wildman–Crippen MR) is 69.4 cm³/mol. The molecule has 4 heteroatoms. The van der Waals surface area contributed by atoms with Crippen molar-refractivity contribution in [2.45, 2.75) is 0 Å². The highest BCUT2D eigenvalue weighted by atomic mass is 35.5. The van der Waals surface area contributed by atoms with Crippen LogP contribution in [0.3, 0.4) is 0 Å². The molecule has 0 saturated heterocycles. The second-order valence-corrected chi connectivity index (χ2v) is 3.96. The SMILES string of the molecule is C=C(N)C(=C)Nc1c[nH]c2ccc(Cl)cc12. The van der Waals surface area contributed by atoms with Gasteiger partial charge >= 0.3 is 0 Å². The number of fused-ring (bicyclic) bond motifs is 1. The fourth-order valence-corrected chi connectivity index (χ4v) is 1.61. The van der Waals surface area contributed by atoms with E-state index in [2.05, 4.69) is 23.5 Å². The van der Waals surface area contributed by atoms with Crippen LogP contribution in [0.1, 0.15) is 0 Å². The molecule has 0 atom stereocenters. The summed E-state index contributed by atoms with van der Waals surface area (Å²) in [5.74, 6) is 0. The Morgan fingerprint density at radius 2 is 2.12 bits per heavy atom. The third-order valence-corrected chi connectivity index (χ3v) is 2.55. The normalized spacial score (nSPS) is 10.3. The van der Waals surface area contributed by atoms with Crippen molar-refractivity contribution in [2.24, 2.45) is 5.73 Å². The minimum absolute atomic E-state index is 0.413. The van der Waals surface area contributed by atoms with E-state index in [1.807, 2.05) is 24.4 Å². The van der Waals surface area contributed by atoms with Gasteiger partial charge < -0.3 is 16.0 Å². The first kappa shape index (κ1) is 10.6. The van der Waals surface area contributed by atoms with Crippen LogP contribution >= 0.6 is 11.6 Å². The topological polar surface area (TPSA) is 53.8 Å². The van der Waals surface area contributed by atoms with Crippen molar-refractivity contribution in [3.8, 4) is 0 Å². The fraction of sp³-hybridized carbons (Fsp3) is 0. The van der Waals surface area contributed by atoms with Crippen LogP contribution in [-0.2, 0) is 0 Å². The molecule has 1 aromatic heterocycles. The van der Waals surface area contributed by atoms with Crippen LogP contribution < -0.4 is 11.1 Å². The summed E-state index contributed by atoms with van der Waals surface area (Å²) in [6.45, 7) is 7.39. The van der Waals surface area contributed by atoms with Gasteiger partial charge in [-0.1, -0.05) is 24.8 Å². The third kappa shape index (κ3) is 1.90. The molecule has 3 nitrogen and oxygen atoms in total. The van der Waals surface area contributed by atoms with Crippen molar-refractivity contribution in [3.05, 3.63) is 54.0 Å².